The fourth-order valence-electron chi connectivity index (χ4n) is 1.32. The summed E-state index contributed by atoms with van der Waals surface area (Å²) in [6, 6.07) is 5.71. The number of hydrogen-bond donors (Lipinski definition) is 2. The molecule has 2 N–H and O–H groups in total. The highest BCUT2D eigenvalue weighted by Crippen LogP contribution is 2.20. The Kier molecular flexibility index (Phi) is 3.55. The Hall–Kier alpha value is -1.97. The van der Waals surface area contributed by atoms with Gasteiger partial charge < -0.3 is 5.32 Å². The third-order valence-electron chi connectivity index (χ3n) is 2.15. The lowest BCUT2D eigenvalue weighted by Crippen LogP contribution is -2.14. The summed E-state index contributed by atoms with van der Waals surface area (Å²) in [6.45, 7) is 0. The summed E-state index contributed by atoms with van der Waals surface area (Å²) in [7, 11) is 0. The number of nitrogens with one attached hydrogen (secondary N) is 2. The molecule has 0 atom stereocenters. The summed E-state index contributed by atoms with van der Waals surface area (Å²) in [6.07, 6.45) is 1.49. The first-order valence-corrected chi connectivity index (χ1v) is 5.90. The van der Waals surface area contributed by atoms with Crippen LogP contribution in [0.3, 0.4) is 0 Å². The first kappa shape index (κ1) is 12.5. The number of halogens is 1. The number of carbonyl (C=O) groups is 1. The molecule has 0 aliphatic rings. The van der Waals surface area contributed by atoms with Gasteiger partial charge in [0, 0.05) is 21.8 Å². The second-order valence-electron chi connectivity index (χ2n) is 3.35. The predicted octanol–water partition coefficient (Wildman–Crippen LogP) is 2.17. The molecule has 0 bridgehead atoms. The molecule has 1 heterocycles. The average Bonchev–Trinajstić information content (AvgIpc) is 2.81. The molecule has 2 aromatic rings. The minimum Gasteiger partial charge on any atom is -0.307 e. The second-order valence-corrected chi connectivity index (χ2v) is 4.51. The van der Waals surface area contributed by atoms with Crippen LogP contribution in [-0.2, 0) is 0 Å². The van der Waals surface area contributed by atoms with Crippen molar-refractivity contribution < 1.29 is 9.72 Å². The van der Waals surface area contributed by atoms with Crippen molar-refractivity contribution >= 4 is 40.0 Å². The molecule has 2 rings (SSSR count). The fraction of sp³-hybridized carbons (Fsp3) is 0. The molecule has 0 spiro atoms. The van der Waals surface area contributed by atoms with Gasteiger partial charge in [-0.1, -0.05) is 0 Å². The number of aromatic amines is 1. The number of carbonyl (C=O) groups excluding carboxylic acids is 1. The Morgan fingerprint density at radius 3 is 2.83 bits per heavy atom. The topological polar surface area (TPSA) is 101 Å². The van der Waals surface area contributed by atoms with Crippen molar-refractivity contribution in [2.75, 3.05) is 5.32 Å². The van der Waals surface area contributed by atoms with Crippen LogP contribution in [-0.4, -0.2) is 21.0 Å². The lowest BCUT2D eigenvalue weighted by Gasteiger charge is -2.04. The molecule has 0 saturated heterocycles. The van der Waals surface area contributed by atoms with E-state index in [1.54, 1.807) is 6.07 Å². The van der Waals surface area contributed by atoms with E-state index in [1.807, 2.05) is 22.6 Å². The van der Waals surface area contributed by atoms with E-state index < -0.39 is 10.8 Å². The molecular weight excluding hydrogens is 351 g/mol. The Morgan fingerprint density at radius 2 is 2.22 bits per heavy atom. The summed E-state index contributed by atoms with van der Waals surface area (Å²) in [5, 5.41) is 19.5. The van der Waals surface area contributed by atoms with Crippen LogP contribution in [0.4, 0.5) is 11.5 Å². The van der Waals surface area contributed by atoms with Gasteiger partial charge >= 0.3 is 0 Å². The highest BCUT2D eigenvalue weighted by atomic mass is 127. The lowest BCUT2D eigenvalue weighted by molar-refractivity contribution is -0.384. The highest BCUT2D eigenvalue weighted by Gasteiger charge is 2.15. The molecule has 0 saturated carbocycles. The van der Waals surface area contributed by atoms with Crippen LogP contribution in [0.2, 0.25) is 0 Å². The van der Waals surface area contributed by atoms with E-state index in [0.29, 0.717) is 9.39 Å². The maximum Gasteiger partial charge on any atom is 0.270 e. The molecular formula is C10H7IN4O3. The number of H-pyrrole nitrogens is 1. The number of anilines is 1. The van der Waals surface area contributed by atoms with Crippen LogP contribution in [0.5, 0.6) is 0 Å². The van der Waals surface area contributed by atoms with E-state index in [2.05, 4.69) is 15.5 Å². The van der Waals surface area contributed by atoms with Gasteiger partial charge in [-0.25, -0.2) is 0 Å². The molecule has 1 amide bonds. The van der Waals surface area contributed by atoms with E-state index in [0.717, 1.165) is 0 Å². The predicted molar refractivity (Wildman–Crippen MR) is 72.4 cm³/mol. The fourth-order valence-corrected chi connectivity index (χ4v) is 1.90. The molecule has 0 aliphatic heterocycles. The van der Waals surface area contributed by atoms with Gasteiger partial charge in [-0.05, 0) is 28.7 Å². The SMILES string of the molecule is O=C(Nc1ccn[nH]1)c1cc([N+](=O)[O-])ccc1I. The van der Waals surface area contributed by atoms with Crippen LogP contribution in [0.1, 0.15) is 10.4 Å². The van der Waals surface area contributed by atoms with E-state index in [9.17, 15) is 14.9 Å². The van der Waals surface area contributed by atoms with Crippen LogP contribution in [0.25, 0.3) is 0 Å². The number of benzene rings is 1. The summed E-state index contributed by atoms with van der Waals surface area (Å²) in [5.74, 6) is 0.00894. The van der Waals surface area contributed by atoms with E-state index in [1.165, 1.54) is 24.4 Å². The van der Waals surface area contributed by atoms with Crippen molar-refractivity contribution in [2.45, 2.75) is 0 Å². The summed E-state index contributed by atoms with van der Waals surface area (Å²) < 4.78 is 0.634. The largest absolute Gasteiger partial charge is 0.307 e. The van der Waals surface area contributed by atoms with Crippen LogP contribution in [0, 0.1) is 13.7 Å². The van der Waals surface area contributed by atoms with Gasteiger partial charge in [0.25, 0.3) is 11.6 Å². The van der Waals surface area contributed by atoms with Crippen molar-refractivity contribution in [3.05, 3.63) is 49.7 Å². The molecule has 0 unspecified atom stereocenters. The van der Waals surface area contributed by atoms with Gasteiger partial charge in [-0.3, -0.25) is 20.0 Å². The van der Waals surface area contributed by atoms with Crippen molar-refractivity contribution in [2.24, 2.45) is 0 Å². The second kappa shape index (κ2) is 5.12. The summed E-state index contributed by atoms with van der Waals surface area (Å²) in [5.41, 5.74) is 0.129. The smallest absolute Gasteiger partial charge is 0.270 e. The zero-order chi connectivity index (χ0) is 13.1. The van der Waals surface area contributed by atoms with Gasteiger partial charge in [0.1, 0.15) is 5.82 Å². The average molecular weight is 358 g/mol. The molecule has 1 aromatic carbocycles. The van der Waals surface area contributed by atoms with Gasteiger partial charge in [0.15, 0.2) is 0 Å². The lowest BCUT2D eigenvalue weighted by atomic mass is 10.2. The molecule has 92 valence electrons. The molecule has 0 fully saturated rings. The van der Waals surface area contributed by atoms with E-state index in [4.69, 9.17) is 0 Å². The quantitative estimate of drug-likeness (QED) is 0.499. The van der Waals surface area contributed by atoms with Gasteiger partial charge in [-0.15, -0.1) is 0 Å². The number of aromatic nitrogens is 2. The number of amides is 1. The molecule has 7 nitrogen and oxygen atoms in total. The molecule has 0 radical (unpaired) electrons. The first-order chi connectivity index (χ1) is 8.58. The molecule has 8 heteroatoms. The molecule has 18 heavy (non-hydrogen) atoms. The van der Waals surface area contributed by atoms with Crippen molar-refractivity contribution in [1.29, 1.82) is 0 Å². The zero-order valence-corrected chi connectivity index (χ0v) is 11.0. The highest BCUT2D eigenvalue weighted by molar-refractivity contribution is 14.1. The standard InChI is InChI=1S/C10H7IN4O3/c11-8-2-1-6(15(17)18)5-7(8)10(16)13-9-3-4-12-14-9/h1-5H,(H2,12,13,14,16). The number of rotatable bonds is 3. The number of nitro groups is 1. The normalized spacial score (nSPS) is 10.1. The van der Waals surface area contributed by atoms with Crippen LogP contribution in [0.15, 0.2) is 30.5 Å². The minimum atomic E-state index is -0.539. The maximum atomic E-state index is 11.9. The van der Waals surface area contributed by atoms with E-state index >= 15 is 0 Å². The summed E-state index contributed by atoms with van der Waals surface area (Å²) >= 11 is 1.95. The zero-order valence-electron chi connectivity index (χ0n) is 8.88. The van der Waals surface area contributed by atoms with Crippen LogP contribution >= 0.6 is 22.6 Å². The summed E-state index contributed by atoms with van der Waals surface area (Å²) in [4.78, 5) is 22.0. The number of nitrogens with zero attached hydrogens (tertiary/aromatic N) is 2. The Bertz CT molecular complexity index is 597. The van der Waals surface area contributed by atoms with Crippen LogP contribution < -0.4 is 5.32 Å². The Labute approximate surface area is 115 Å². The van der Waals surface area contributed by atoms with Gasteiger partial charge in [0.2, 0.25) is 0 Å². The third kappa shape index (κ3) is 2.64. The minimum absolute atomic E-state index is 0.120. The maximum absolute atomic E-state index is 11.9. The van der Waals surface area contributed by atoms with Crippen molar-refractivity contribution in [1.82, 2.24) is 10.2 Å². The monoisotopic (exact) mass is 358 g/mol. The molecule has 1 aromatic heterocycles. The number of hydrogen-bond acceptors (Lipinski definition) is 4. The van der Waals surface area contributed by atoms with Crippen molar-refractivity contribution in [3.63, 3.8) is 0 Å². The van der Waals surface area contributed by atoms with Gasteiger partial charge in [-0.2, -0.15) is 5.10 Å². The van der Waals surface area contributed by atoms with E-state index in [-0.39, 0.29) is 11.3 Å². The number of nitro benzene ring substituents is 1. The number of non-ortho nitro benzene ring substituents is 1. The third-order valence-corrected chi connectivity index (χ3v) is 3.10. The Balaban J connectivity index is 2.29. The first-order valence-electron chi connectivity index (χ1n) is 4.82. The molecule has 0 aliphatic carbocycles. The van der Waals surface area contributed by atoms with Gasteiger partial charge in [0.05, 0.1) is 16.7 Å². The van der Waals surface area contributed by atoms with Crippen molar-refractivity contribution in [3.8, 4) is 0 Å². The Morgan fingerprint density at radius 1 is 1.44 bits per heavy atom.